The number of para-hydroxylation sites is 1. The molecule has 0 amide bonds. The summed E-state index contributed by atoms with van der Waals surface area (Å²) in [4.78, 5) is 53.5. The van der Waals surface area contributed by atoms with Gasteiger partial charge in [-0.15, -0.1) is 0 Å². The highest BCUT2D eigenvalue weighted by atomic mass is 16.6. The van der Waals surface area contributed by atoms with Gasteiger partial charge in [0.25, 0.3) is 0 Å². The zero-order valence-corrected chi connectivity index (χ0v) is 34.9. The third-order valence-corrected chi connectivity index (χ3v) is 15.5. The van der Waals surface area contributed by atoms with Crippen molar-refractivity contribution in [3.05, 3.63) is 70.9 Å². The Balaban J connectivity index is 1.36. The molecule has 310 valence electrons. The molecule has 1 unspecified atom stereocenters. The molecule has 1 aliphatic carbocycles. The van der Waals surface area contributed by atoms with Crippen LogP contribution in [0.4, 0.5) is 5.69 Å². The van der Waals surface area contributed by atoms with Gasteiger partial charge in [-0.3, -0.25) is 14.5 Å². The molecule has 12 heteroatoms. The second-order valence-corrected chi connectivity index (χ2v) is 18.0. The molecule has 6 aliphatic rings. The van der Waals surface area contributed by atoms with Crippen LogP contribution in [-0.2, 0) is 45.8 Å². The number of hydrogen-bond acceptors (Lipinski definition) is 11. The first-order valence-corrected chi connectivity index (χ1v) is 21.2. The molecule has 2 aromatic carbocycles. The first kappa shape index (κ1) is 39.1. The van der Waals surface area contributed by atoms with E-state index in [1.807, 2.05) is 31.0 Å². The zero-order valence-electron chi connectivity index (χ0n) is 34.9. The smallest absolute Gasteiger partial charge is 0.344 e. The summed E-state index contributed by atoms with van der Waals surface area (Å²) in [5.41, 5.74) is -0.0554. The van der Waals surface area contributed by atoms with Crippen molar-refractivity contribution < 1.29 is 38.4 Å². The normalized spacial score (nSPS) is 36.1. The fraction of sp³-hybridized carbons (Fsp3) is 0.587. The van der Waals surface area contributed by atoms with E-state index in [0.717, 1.165) is 72.3 Å². The number of esters is 3. The van der Waals surface area contributed by atoms with Gasteiger partial charge in [0.05, 0.1) is 27.4 Å². The number of likely N-dealkylation sites (N-methyl/N-ethyl adjacent to an activating group) is 1. The molecule has 58 heavy (non-hydrogen) atoms. The number of benzene rings is 2. The van der Waals surface area contributed by atoms with Crippen LogP contribution in [-0.4, -0.2) is 123 Å². The lowest BCUT2D eigenvalue weighted by molar-refractivity contribution is -0.228. The van der Waals surface area contributed by atoms with Crippen LogP contribution in [0.15, 0.2) is 48.6 Å². The van der Waals surface area contributed by atoms with Crippen LogP contribution in [0, 0.1) is 17.3 Å². The highest BCUT2D eigenvalue weighted by molar-refractivity contribution is 5.95. The van der Waals surface area contributed by atoms with Crippen LogP contribution in [0.2, 0.25) is 0 Å². The molecule has 9 rings (SSSR count). The van der Waals surface area contributed by atoms with Gasteiger partial charge in [-0.2, -0.15) is 0 Å². The van der Waals surface area contributed by atoms with Gasteiger partial charge in [0, 0.05) is 90.9 Å². The quantitative estimate of drug-likeness (QED) is 0.193. The van der Waals surface area contributed by atoms with E-state index < -0.39 is 45.9 Å². The minimum atomic E-state index is -2.27. The molecule has 1 spiro atoms. The summed E-state index contributed by atoms with van der Waals surface area (Å²) in [6, 6.07) is 11.3. The van der Waals surface area contributed by atoms with Crippen LogP contribution < -0.4 is 9.64 Å². The summed E-state index contributed by atoms with van der Waals surface area (Å²) < 4.78 is 24.0. The van der Waals surface area contributed by atoms with Crippen molar-refractivity contribution in [1.29, 1.82) is 0 Å². The number of nitrogens with one attached hydrogen (secondary N) is 1. The molecule has 10 atom stereocenters. The van der Waals surface area contributed by atoms with Crippen molar-refractivity contribution in [3.63, 3.8) is 0 Å². The summed E-state index contributed by atoms with van der Waals surface area (Å²) in [5.74, 6) is -0.578. The number of hydrogen-bond donors (Lipinski definition) is 2. The number of aromatic amines is 1. The zero-order chi connectivity index (χ0) is 40.9. The number of aromatic nitrogens is 1. The SMILES string of the molecule is CC[C@@H]1C[C@@H]2CN(CCc3c([nH]c4ccccc34)[C@@](C(=O)OC)(c3cc4c(cc3OC)N(C)[C@H]3[C@@](O)(C(=O)OC)[C@H](OC(C)=O)[C@]5(CC)C=CCN6CC[C@]43[C@@H]65)C2)C1. The lowest BCUT2D eigenvalue weighted by Crippen LogP contribution is -2.81. The predicted octanol–water partition coefficient (Wildman–Crippen LogP) is 4.88. The Bertz CT molecular complexity index is 2200. The minimum Gasteiger partial charge on any atom is -0.496 e. The third kappa shape index (κ3) is 5.00. The molecule has 6 heterocycles. The maximum Gasteiger partial charge on any atom is 0.344 e. The number of ether oxygens (including phenoxy) is 4. The van der Waals surface area contributed by atoms with Gasteiger partial charge in [-0.05, 0) is 73.7 Å². The van der Waals surface area contributed by atoms with Gasteiger partial charge in [-0.25, -0.2) is 4.79 Å². The number of methoxy groups -OCH3 is 3. The number of fused-ring (bicyclic) bond motifs is 6. The molecule has 3 fully saturated rings. The van der Waals surface area contributed by atoms with Crippen molar-refractivity contribution in [3.8, 4) is 5.75 Å². The average molecular weight is 795 g/mol. The van der Waals surface area contributed by atoms with E-state index in [4.69, 9.17) is 18.9 Å². The van der Waals surface area contributed by atoms with Crippen molar-refractivity contribution in [2.75, 3.05) is 66.0 Å². The van der Waals surface area contributed by atoms with E-state index in [1.54, 1.807) is 7.11 Å². The molecule has 12 nitrogen and oxygen atoms in total. The Morgan fingerprint density at radius 2 is 1.76 bits per heavy atom. The number of nitrogens with zero attached hydrogens (tertiary/aromatic N) is 3. The van der Waals surface area contributed by atoms with E-state index in [2.05, 4.69) is 58.1 Å². The number of carbonyl (C=O) groups is 3. The van der Waals surface area contributed by atoms with E-state index >= 15 is 4.79 Å². The Labute approximate surface area is 340 Å². The third-order valence-electron chi connectivity index (χ3n) is 15.5. The van der Waals surface area contributed by atoms with E-state index in [-0.39, 0.29) is 17.9 Å². The van der Waals surface area contributed by atoms with Crippen molar-refractivity contribution in [2.24, 2.45) is 17.3 Å². The maximum absolute atomic E-state index is 15.3. The summed E-state index contributed by atoms with van der Waals surface area (Å²) in [5, 5.41) is 14.4. The Morgan fingerprint density at radius 3 is 2.47 bits per heavy atom. The Hall–Kier alpha value is -4.39. The van der Waals surface area contributed by atoms with Crippen LogP contribution in [0.25, 0.3) is 10.9 Å². The van der Waals surface area contributed by atoms with Crippen molar-refractivity contribution in [1.82, 2.24) is 14.8 Å². The summed E-state index contributed by atoms with van der Waals surface area (Å²) in [6.07, 6.45) is 7.33. The standard InChI is InChI=1S/C46H58N4O8/c1-8-28-21-29-24-45(41(52)56-6,37-31(15-19-49(25-28)26-29)30-13-10-11-14-34(30)47-37)33-22-32-35(23-36(33)55-5)48(4)39-44(32)17-20-50-18-12-16-43(9-2,38(44)50)40(58-27(3)51)46(39,54)42(53)57-7/h10-14,16,22-23,28-29,38-40,47,54H,8-9,15,17-21,24-26H2,1-7H3/t28-,29+,38+,39-,40-,43-,44-,45+,46+/m1/s1. The molecule has 2 N–H and O–H groups in total. The van der Waals surface area contributed by atoms with E-state index in [0.29, 0.717) is 49.6 Å². The highest BCUT2D eigenvalue weighted by Gasteiger charge is 2.80. The van der Waals surface area contributed by atoms with Crippen LogP contribution in [0.5, 0.6) is 5.75 Å². The van der Waals surface area contributed by atoms with Crippen molar-refractivity contribution >= 4 is 34.5 Å². The number of H-pyrrole nitrogens is 1. The monoisotopic (exact) mass is 794 g/mol. The lowest BCUT2D eigenvalue weighted by atomic mass is 9.47. The summed E-state index contributed by atoms with van der Waals surface area (Å²) in [7, 11) is 6.28. The van der Waals surface area contributed by atoms with Gasteiger partial charge < -0.3 is 38.8 Å². The van der Waals surface area contributed by atoms with Gasteiger partial charge in [-0.1, -0.05) is 50.6 Å². The number of anilines is 1. The molecule has 2 bridgehead atoms. The maximum atomic E-state index is 15.3. The van der Waals surface area contributed by atoms with Gasteiger partial charge in [0.15, 0.2) is 6.10 Å². The molecule has 5 aliphatic heterocycles. The second-order valence-electron chi connectivity index (χ2n) is 18.0. The van der Waals surface area contributed by atoms with Crippen LogP contribution in [0.1, 0.15) is 75.3 Å². The molecule has 3 aromatic rings. The second kappa shape index (κ2) is 13.8. The summed E-state index contributed by atoms with van der Waals surface area (Å²) >= 11 is 0. The average Bonchev–Trinajstić information content (AvgIpc) is 3.89. The lowest BCUT2D eigenvalue weighted by Gasteiger charge is -2.63. The van der Waals surface area contributed by atoms with E-state index in [9.17, 15) is 14.7 Å². The topological polar surface area (TPSA) is 134 Å². The Kier molecular flexibility index (Phi) is 9.33. The van der Waals surface area contributed by atoms with E-state index in [1.165, 1.54) is 21.1 Å². The van der Waals surface area contributed by atoms with Gasteiger partial charge >= 0.3 is 17.9 Å². The summed E-state index contributed by atoms with van der Waals surface area (Å²) in [6.45, 7) is 9.79. The molecule has 1 saturated carbocycles. The molecule has 2 saturated heterocycles. The molecular formula is C46H58N4O8. The van der Waals surface area contributed by atoms with Crippen molar-refractivity contribution in [2.45, 2.75) is 93.9 Å². The number of rotatable bonds is 7. The fourth-order valence-electron chi connectivity index (χ4n) is 13.5. The highest BCUT2D eigenvalue weighted by Crippen LogP contribution is 2.68. The largest absolute Gasteiger partial charge is 0.496 e. The minimum absolute atomic E-state index is 0.184. The van der Waals surface area contributed by atoms with Gasteiger partial charge in [0.1, 0.15) is 11.2 Å². The molecule has 0 radical (unpaired) electrons. The number of carbonyl (C=O) groups excluding carboxylic acids is 3. The molecular weight excluding hydrogens is 737 g/mol. The van der Waals surface area contributed by atoms with Crippen LogP contribution >= 0.6 is 0 Å². The predicted molar refractivity (Wildman–Crippen MR) is 219 cm³/mol. The molecule has 1 aromatic heterocycles. The van der Waals surface area contributed by atoms with Gasteiger partial charge in [0.2, 0.25) is 5.60 Å². The number of piperidine rings is 1. The fourth-order valence-corrected chi connectivity index (χ4v) is 13.5. The van der Waals surface area contributed by atoms with Crippen LogP contribution in [0.3, 0.4) is 0 Å². The first-order chi connectivity index (χ1) is 27.9. The Morgan fingerprint density at radius 1 is 0.983 bits per heavy atom. The first-order valence-electron chi connectivity index (χ1n) is 21.2. The number of aliphatic hydroxyl groups is 1.